The zero-order valence-electron chi connectivity index (χ0n) is 15.9. The third kappa shape index (κ3) is 5.90. The number of benzene rings is 1. The molecule has 3 rings (SSSR count). The van der Waals surface area contributed by atoms with Gasteiger partial charge in [0.05, 0.1) is 12.0 Å². The Morgan fingerprint density at radius 3 is 2.59 bits per heavy atom. The number of aliphatic carboxylic acids is 1. The number of carbonyl (C=O) groups excluding carboxylic acids is 1. The number of nitrogens with zero attached hydrogens (tertiary/aromatic N) is 3. The first-order chi connectivity index (χ1) is 14.0. The van der Waals surface area contributed by atoms with Crippen molar-refractivity contribution in [1.29, 1.82) is 0 Å². The molecule has 29 heavy (non-hydrogen) atoms. The van der Waals surface area contributed by atoms with Crippen LogP contribution >= 0.6 is 0 Å². The van der Waals surface area contributed by atoms with E-state index in [4.69, 9.17) is 5.73 Å². The molecule has 8 heteroatoms. The molecule has 4 N–H and O–H groups in total. The molecule has 150 valence electrons. The van der Waals surface area contributed by atoms with Crippen LogP contribution in [-0.4, -0.2) is 38.1 Å². The van der Waals surface area contributed by atoms with Crippen LogP contribution < -0.4 is 11.1 Å². The van der Waals surface area contributed by atoms with Crippen molar-refractivity contribution in [3.05, 3.63) is 78.0 Å². The van der Waals surface area contributed by atoms with Crippen LogP contribution in [0.5, 0.6) is 0 Å². The Morgan fingerprint density at radius 1 is 1.10 bits per heavy atom. The van der Waals surface area contributed by atoms with E-state index in [9.17, 15) is 14.7 Å². The minimum absolute atomic E-state index is 0.0809. The highest BCUT2D eigenvalue weighted by Gasteiger charge is 2.23. The molecular weight excluding hydrogens is 370 g/mol. The summed E-state index contributed by atoms with van der Waals surface area (Å²) in [5, 5.41) is 12.4. The second-order valence-electron chi connectivity index (χ2n) is 6.74. The zero-order valence-corrected chi connectivity index (χ0v) is 15.9. The van der Waals surface area contributed by atoms with Gasteiger partial charge in [0.15, 0.2) is 0 Å². The molecule has 2 heterocycles. The summed E-state index contributed by atoms with van der Waals surface area (Å²) >= 11 is 0. The Kier molecular flexibility index (Phi) is 6.57. The molecule has 1 aromatic carbocycles. The van der Waals surface area contributed by atoms with Crippen LogP contribution in [0.4, 0.5) is 5.82 Å². The first-order valence-electron chi connectivity index (χ1n) is 9.27. The molecule has 0 bridgehead atoms. The smallest absolute Gasteiger partial charge is 0.312 e. The molecule has 8 nitrogen and oxygen atoms in total. The minimum atomic E-state index is -0.987. The van der Waals surface area contributed by atoms with Crippen LogP contribution in [0.2, 0.25) is 0 Å². The van der Waals surface area contributed by atoms with Gasteiger partial charge in [0.1, 0.15) is 18.3 Å². The number of hydrogen-bond donors (Lipinski definition) is 3. The van der Waals surface area contributed by atoms with Crippen molar-refractivity contribution in [2.45, 2.75) is 25.3 Å². The maximum absolute atomic E-state index is 12.1. The number of imidazole rings is 1. The van der Waals surface area contributed by atoms with Crippen molar-refractivity contribution in [2.75, 3.05) is 12.3 Å². The normalized spacial score (nSPS) is 11.7. The predicted octanol–water partition coefficient (Wildman–Crippen LogP) is 1.63. The van der Waals surface area contributed by atoms with Gasteiger partial charge >= 0.3 is 5.97 Å². The second-order valence-corrected chi connectivity index (χ2v) is 6.74. The molecule has 0 aliphatic carbocycles. The van der Waals surface area contributed by atoms with Gasteiger partial charge in [0.25, 0.3) is 0 Å². The van der Waals surface area contributed by atoms with Gasteiger partial charge in [-0.2, -0.15) is 0 Å². The number of nitrogens with two attached hydrogens (primary N) is 1. The number of aromatic nitrogens is 3. The van der Waals surface area contributed by atoms with Crippen LogP contribution in [-0.2, 0) is 29.0 Å². The van der Waals surface area contributed by atoms with E-state index in [2.05, 4.69) is 15.3 Å². The summed E-state index contributed by atoms with van der Waals surface area (Å²) in [6.45, 7) is 0.615. The SMILES string of the molecule is Nc1ccc(CC(C(=O)O)c2cn(CC(=O)NCCc3ccccc3)cn2)cn1. The van der Waals surface area contributed by atoms with Crippen LogP contribution in [0.25, 0.3) is 0 Å². The average Bonchev–Trinajstić information content (AvgIpc) is 3.16. The third-order valence-corrected chi connectivity index (χ3v) is 4.50. The predicted molar refractivity (Wildman–Crippen MR) is 108 cm³/mol. The van der Waals surface area contributed by atoms with Gasteiger partial charge in [0, 0.05) is 18.9 Å². The molecule has 1 atom stereocenters. The molecule has 2 aromatic heterocycles. The van der Waals surface area contributed by atoms with Crippen molar-refractivity contribution in [3.8, 4) is 0 Å². The zero-order chi connectivity index (χ0) is 20.6. The van der Waals surface area contributed by atoms with Crippen molar-refractivity contribution in [2.24, 2.45) is 0 Å². The third-order valence-electron chi connectivity index (χ3n) is 4.50. The lowest BCUT2D eigenvalue weighted by atomic mass is 9.98. The number of carbonyl (C=O) groups is 2. The van der Waals surface area contributed by atoms with E-state index in [1.807, 2.05) is 30.3 Å². The van der Waals surface area contributed by atoms with Gasteiger partial charge in [-0.1, -0.05) is 36.4 Å². The maximum atomic E-state index is 12.1. The van der Waals surface area contributed by atoms with E-state index in [1.165, 1.54) is 6.33 Å². The second kappa shape index (κ2) is 9.50. The fourth-order valence-electron chi connectivity index (χ4n) is 2.97. The first-order valence-corrected chi connectivity index (χ1v) is 9.27. The van der Waals surface area contributed by atoms with E-state index >= 15 is 0 Å². The Hall–Kier alpha value is -3.68. The highest BCUT2D eigenvalue weighted by Crippen LogP contribution is 2.20. The first kappa shape index (κ1) is 20.1. The van der Waals surface area contributed by atoms with E-state index in [1.54, 1.807) is 29.1 Å². The minimum Gasteiger partial charge on any atom is -0.481 e. The summed E-state index contributed by atoms with van der Waals surface area (Å²) in [6, 6.07) is 13.3. The topological polar surface area (TPSA) is 123 Å². The quantitative estimate of drug-likeness (QED) is 0.508. The Bertz CT molecular complexity index is 954. The Balaban J connectivity index is 1.55. The van der Waals surface area contributed by atoms with E-state index in [0.29, 0.717) is 18.1 Å². The monoisotopic (exact) mass is 393 g/mol. The molecule has 0 fully saturated rings. The van der Waals surface area contributed by atoms with Crippen molar-refractivity contribution in [3.63, 3.8) is 0 Å². The molecule has 3 aromatic rings. The van der Waals surface area contributed by atoms with Gasteiger partial charge in [-0.3, -0.25) is 9.59 Å². The van der Waals surface area contributed by atoms with E-state index in [0.717, 1.165) is 17.5 Å². The lowest BCUT2D eigenvalue weighted by Gasteiger charge is -2.10. The Labute approximate surface area is 168 Å². The number of hydrogen-bond acceptors (Lipinski definition) is 5. The lowest BCUT2D eigenvalue weighted by Crippen LogP contribution is -2.29. The fourth-order valence-corrected chi connectivity index (χ4v) is 2.97. The van der Waals surface area contributed by atoms with Gasteiger partial charge in [-0.25, -0.2) is 9.97 Å². The van der Waals surface area contributed by atoms with Crippen molar-refractivity contribution >= 4 is 17.7 Å². The van der Waals surface area contributed by atoms with Crippen LogP contribution in [0.1, 0.15) is 22.7 Å². The number of nitrogens with one attached hydrogen (secondary N) is 1. The highest BCUT2D eigenvalue weighted by atomic mass is 16.4. The number of amides is 1. The molecule has 1 unspecified atom stereocenters. The molecule has 0 radical (unpaired) electrons. The fraction of sp³-hybridized carbons (Fsp3) is 0.238. The van der Waals surface area contributed by atoms with Gasteiger partial charge < -0.3 is 20.7 Å². The van der Waals surface area contributed by atoms with E-state index in [-0.39, 0.29) is 18.9 Å². The summed E-state index contributed by atoms with van der Waals surface area (Å²) in [5.74, 6) is -1.59. The summed E-state index contributed by atoms with van der Waals surface area (Å²) in [6.07, 6.45) is 5.62. The number of carboxylic acids is 1. The summed E-state index contributed by atoms with van der Waals surface area (Å²) < 4.78 is 1.59. The van der Waals surface area contributed by atoms with Gasteiger partial charge in [-0.15, -0.1) is 0 Å². The van der Waals surface area contributed by atoms with Crippen LogP contribution in [0.15, 0.2) is 61.2 Å². The molecule has 0 spiro atoms. The highest BCUT2D eigenvalue weighted by molar-refractivity contribution is 5.76. The van der Waals surface area contributed by atoms with Crippen molar-refractivity contribution < 1.29 is 14.7 Å². The summed E-state index contributed by atoms with van der Waals surface area (Å²) in [5.41, 5.74) is 7.86. The molecule has 1 amide bonds. The number of nitrogen functional groups attached to an aromatic ring is 1. The number of carboxylic acid groups (broad SMARTS) is 1. The largest absolute Gasteiger partial charge is 0.481 e. The standard InChI is InChI=1S/C21H23N5O3/c22-19-7-6-16(11-24-19)10-17(21(28)29)18-12-26(14-25-18)13-20(27)23-9-8-15-4-2-1-3-5-15/h1-7,11-12,14,17H,8-10,13H2,(H2,22,24)(H,23,27)(H,28,29). The van der Waals surface area contributed by atoms with Crippen molar-refractivity contribution in [1.82, 2.24) is 19.9 Å². The van der Waals surface area contributed by atoms with Crippen LogP contribution in [0, 0.1) is 0 Å². The van der Waals surface area contributed by atoms with Gasteiger partial charge in [0.2, 0.25) is 5.91 Å². The molecule has 0 saturated carbocycles. The van der Waals surface area contributed by atoms with Gasteiger partial charge in [-0.05, 0) is 30.0 Å². The summed E-state index contributed by atoms with van der Waals surface area (Å²) in [4.78, 5) is 32.0. The lowest BCUT2D eigenvalue weighted by molar-refractivity contribution is -0.138. The Morgan fingerprint density at radius 2 is 1.90 bits per heavy atom. The van der Waals surface area contributed by atoms with E-state index < -0.39 is 11.9 Å². The average molecular weight is 393 g/mol. The van der Waals surface area contributed by atoms with Crippen LogP contribution in [0.3, 0.4) is 0 Å². The molecule has 0 aliphatic rings. The summed E-state index contributed by atoms with van der Waals surface area (Å²) in [7, 11) is 0. The number of anilines is 1. The maximum Gasteiger partial charge on any atom is 0.312 e. The number of rotatable bonds is 9. The molecular formula is C21H23N5O3. The number of pyridine rings is 1. The molecule has 0 saturated heterocycles. The molecule has 0 aliphatic heterocycles.